The van der Waals surface area contributed by atoms with Gasteiger partial charge in [0.15, 0.2) is 11.6 Å². The zero-order chi connectivity index (χ0) is 34.5. The molecule has 4 aromatic rings. The quantitative estimate of drug-likeness (QED) is 0.0755. The summed E-state index contributed by atoms with van der Waals surface area (Å²) >= 11 is 0. The second-order valence-electron chi connectivity index (χ2n) is 9.92. The van der Waals surface area contributed by atoms with Gasteiger partial charge in [0.25, 0.3) is 0 Å². The molecule has 0 amide bonds. The van der Waals surface area contributed by atoms with Crippen LogP contribution in [-0.2, 0) is 22.9 Å². The van der Waals surface area contributed by atoms with Gasteiger partial charge in [-0.15, -0.1) is 13.0 Å². The monoisotopic (exact) mass is 645 g/mol. The lowest BCUT2D eigenvalue weighted by atomic mass is 9.93. The van der Waals surface area contributed by atoms with Crippen molar-refractivity contribution in [3.8, 4) is 29.5 Å². The minimum Gasteiger partial charge on any atom is -0.488 e. The predicted octanol–water partition coefficient (Wildman–Crippen LogP) is 7.92. The number of pyridine rings is 1. The first-order valence-corrected chi connectivity index (χ1v) is 14.2. The maximum absolute atomic E-state index is 15.0. The van der Waals surface area contributed by atoms with E-state index >= 15 is 0 Å². The molecule has 0 spiro atoms. The van der Waals surface area contributed by atoms with E-state index in [1.165, 1.54) is 43.7 Å². The van der Waals surface area contributed by atoms with Gasteiger partial charge < -0.3 is 18.6 Å². The Hall–Kier alpha value is -4.76. The van der Waals surface area contributed by atoms with Crippen LogP contribution >= 0.6 is 0 Å². The molecule has 7 nitrogen and oxygen atoms in total. The van der Waals surface area contributed by atoms with Gasteiger partial charge in [-0.05, 0) is 43.7 Å². The van der Waals surface area contributed by atoms with Gasteiger partial charge in [0.2, 0.25) is 17.1 Å². The first kappa shape index (κ1) is 37.4. The minimum atomic E-state index is -4.48. The average molecular weight is 646 g/mol. The smallest absolute Gasteiger partial charge is 0.416 e. The number of methoxy groups -OCH3 is 1. The fourth-order valence-corrected chi connectivity index (χ4v) is 3.95. The molecule has 4 rings (SSSR count). The van der Waals surface area contributed by atoms with E-state index in [2.05, 4.69) is 22.6 Å². The van der Waals surface area contributed by atoms with Crippen molar-refractivity contribution in [3.63, 3.8) is 0 Å². The molecule has 246 valence electrons. The van der Waals surface area contributed by atoms with Crippen LogP contribution in [0.3, 0.4) is 0 Å². The zero-order valence-electron chi connectivity index (χ0n) is 26.3. The molecule has 0 aliphatic heterocycles. The standard InChI is InChI=1S/C29H25F4N3O4.C3H5F.C2H6/c1-5-6-11-28(2,3)27-34-26(35-40-27)21-17-36(16-18-7-9-19(10-8-18)29(31,32)33)23-15-24(39-13-12-38-4)22(30)14-20(23)25(21)37;1-2-3-4;1-2/h1,6-11,14-15,17H,12-13,16H2,2-4H3;2H,1,3H2;1-2H3/b11-6+;;. The third kappa shape index (κ3) is 9.62. The van der Waals surface area contributed by atoms with Gasteiger partial charge in [0.05, 0.1) is 28.7 Å². The van der Waals surface area contributed by atoms with Crippen LogP contribution in [0.1, 0.15) is 44.7 Å². The minimum absolute atomic E-state index is 0.00107. The summed E-state index contributed by atoms with van der Waals surface area (Å²) in [6.07, 6.45) is 6.66. The van der Waals surface area contributed by atoms with Crippen molar-refractivity contribution in [3.05, 3.63) is 100 Å². The molecule has 0 aliphatic carbocycles. The summed E-state index contributed by atoms with van der Waals surface area (Å²) in [7, 11) is 1.47. The summed E-state index contributed by atoms with van der Waals surface area (Å²) in [6, 6.07) is 7.02. The lowest BCUT2D eigenvalue weighted by Gasteiger charge is -2.16. The van der Waals surface area contributed by atoms with E-state index < -0.39 is 35.1 Å². The van der Waals surface area contributed by atoms with E-state index in [-0.39, 0.29) is 48.2 Å². The molecule has 0 fully saturated rings. The molecule has 0 N–H and O–H groups in total. The number of halogens is 5. The number of hydrogen-bond acceptors (Lipinski definition) is 6. The largest absolute Gasteiger partial charge is 0.488 e. The Bertz CT molecular complexity index is 1720. The summed E-state index contributed by atoms with van der Waals surface area (Å²) in [5.41, 5.74) is -1.29. The molecule has 0 saturated carbocycles. The number of rotatable bonds is 10. The number of benzene rings is 2. The fourth-order valence-electron chi connectivity index (χ4n) is 3.95. The number of allylic oxidation sites excluding steroid dienone is 3. The Morgan fingerprint density at radius 2 is 1.78 bits per heavy atom. The number of fused-ring (bicyclic) bond motifs is 1. The van der Waals surface area contributed by atoms with Gasteiger partial charge in [0, 0.05) is 31.3 Å². The van der Waals surface area contributed by atoms with Crippen LogP contribution in [0.25, 0.3) is 22.3 Å². The van der Waals surface area contributed by atoms with Crippen molar-refractivity contribution in [1.29, 1.82) is 0 Å². The second kappa shape index (κ2) is 17.1. The van der Waals surface area contributed by atoms with Crippen LogP contribution in [0.15, 0.2) is 76.7 Å². The molecule has 2 aromatic carbocycles. The van der Waals surface area contributed by atoms with Crippen molar-refractivity contribution in [2.24, 2.45) is 0 Å². The Labute approximate surface area is 264 Å². The normalized spacial score (nSPS) is 11.3. The van der Waals surface area contributed by atoms with Crippen LogP contribution in [0, 0.1) is 18.2 Å². The number of hydrogen-bond donors (Lipinski definition) is 0. The molecule has 12 heteroatoms. The van der Waals surface area contributed by atoms with Crippen LogP contribution in [-0.4, -0.2) is 41.7 Å². The molecule has 2 aromatic heterocycles. The molecule has 0 bridgehead atoms. The summed E-state index contributed by atoms with van der Waals surface area (Å²) in [5, 5.41) is 3.96. The number of aromatic nitrogens is 3. The summed E-state index contributed by atoms with van der Waals surface area (Å²) in [4.78, 5) is 17.9. The molecule has 2 heterocycles. The van der Waals surface area contributed by atoms with E-state index in [0.29, 0.717) is 11.1 Å². The highest BCUT2D eigenvalue weighted by molar-refractivity contribution is 5.84. The molecule has 46 heavy (non-hydrogen) atoms. The summed E-state index contributed by atoms with van der Waals surface area (Å²) in [6.45, 7) is 10.6. The molecular weight excluding hydrogens is 609 g/mol. The van der Waals surface area contributed by atoms with Crippen LogP contribution in [0.2, 0.25) is 0 Å². The Balaban J connectivity index is 0.00000114. The highest BCUT2D eigenvalue weighted by atomic mass is 19.4. The van der Waals surface area contributed by atoms with E-state index in [1.807, 2.05) is 13.8 Å². The van der Waals surface area contributed by atoms with Crippen LogP contribution in [0.4, 0.5) is 22.0 Å². The van der Waals surface area contributed by atoms with Gasteiger partial charge in [-0.3, -0.25) is 4.79 Å². The van der Waals surface area contributed by atoms with Gasteiger partial charge in [-0.25, -0.2) is 8.78 Å². The van der Waals surface area contributed by atoms with E-state index in [0.717, 1.165) is 18.2 Å². The van der Waals surface area contributed by atoms with Gasteiger partial charge in [-0.2, -0.15) is 18.2 Å². The molecule has 0 radical (unpaired) electrons. The van der Waals surface area contributed by atoms with E-state index in [4.69, 9.17) is 20.4 Å². The predicted molar refractivity (Wildman–Crippen MR) is 168 cm³/mol. The molecule has 0 aliphatic rings. The van der Waals surface area contributed by atoms with Gasteiger partial charge in [-0.1, -0.05) is 49.2 Å². The Kier molecular flexibility index (Phi) is 13.9. The Morgan fingerprint density at radius 1 is 1.13 bits per heavy atom. The number of nitrogens with zero attached hydrogens (tertiary/aromatic N) is 3. The first-order valence-electron chi connectivity index (χ1n) is 14.2. The van der Waals surface area contributed by atoms with Crippen LogP contribution < -0.4 is 10.2 Å². The molecule has 0 unspecified atom stereocenters. The van der Waals surface area contributed by atoms with Crippen molar-refractivity contribution in [2.75, 3.05) is 27.0 Å². The third-order valence-corrected chi connectivity index (χ3v) is 6.24. The van der Waals surface area contributed by atoms with Crippen molar-refractivity contribution >= 4 is 10.9 Å². The number of ether oxygens (including phenoxy) is 2. The van der Waals surface area contributed by atoms with Crippen molar-refractivity contribution < 1.29 is 35.9 Å². The van der Waals surface area contributed by atoms with Gasteiger partial charge >= 0.3 is 6.18 Å². The molecular formula is C34H36F5N3O4. The van der Waals surface area contributed by atoms with Gasteiger partial charge in [0.1, 0.15) is 13.3 Å². The maximum Gasteiger partial charge on any atom is 0.416 e. The summed E-state index contributed by atoms with van der Waals surface area (Å²) < 4.78 is 82.2. The van der Waals surface area contributed by atoms with Crippen molar-refractivity contribution in [1.82, 2.24) is 14.7 Å². The van der Waals surface area contributed by atoms with E-state index in [1.54, 1.807) is 24.5 Å². The fraction of sp³-hybridized carbons (Fsp3) is 0.324. The molecule has 0 atom stereocenters. The number of alkyl halides is 4. The second-order valence-corrected chi connectivity index (χ2v) is 9.92. The average Bonchev–Trinajstić information content (AvgIpc) is 3.54. The third-order valence-electron chi connectivity index (χ3n) is 6.24. The first-order chi connectivity index (χ1) is 21.9. The summed E-state index contributed by atoms with van der Waals surface area (Å²) in [5.74, 6) is 1.67. The lowest BCUT2D eigenvalue weighted by molar-refractivity contribution is -0.137. The maximum atomic E-state index is 15.0. The Morgan fingerprint density at radius 3 is 2.35 bits per heavy atom. The van der Waals surface area contributed by atoms with E-state index in [9.17, 15) is 26.7 Å². The SMILES string of the molecule is C#C/C=C/C(C)(C)c1nc(-c2cn(Cc3ccc(C(F)(F)F)cc3)c3cc(OCCOC)c(F)cc3c2=O)no1.C=CCF.CC. The lowest BCUT2D eigenvalue weighted by Crippen LogP contribution is -2.16. The molecule has 0 saturated heterocycles. The van der Waals surface area contributed by atoms with Crippen LogP contribution in [0.5, 0.6) is 5.75 Å². The highest BCUT2D eigenvalue weighted by Gasteiger charge is 2.30. The highest BCUT2D eigenvalue weighted by Crippen LogP contribution is 2.31. The zero-order valence-corrected chi connectivity index (χ0v) is 26.3. The van der Waals surface area contributed by atoms with Crippen molar-refractivity contribution in [2.45, 2.75) is 45.8 Å². The topological polar surface area (TPSA) is 79.4 Å². The number of terminal acetylenes is 1.